The number of likely N-dealkylation sites (N-methyl/N-ethyl adjacent to an activating group) is 1. The zero-order valence-electron chi connectivity index (χ0n) is 17.3. The summed E-state index contributed by atoms with van der Waals surface area (Å²) in [6, 6.07) is 10.7. The Hall–Kier alpha value is -1.85. The maximum absolute atomic E-state index is 12.5. The molecule has 154 valence electrons. The standard InChI is InChI=1S/C22H32N4O.ClH/c1-17-13-18(2)26(24-17)12-4-11-25(3)22(27)15-20-7-5-19(6-8-20)14-21-9-10-23-16-21;/h5-8,13,21,23H,4,9-12,14-16H2,1-3H3;1H. The number of aryl methyl sites for hydroxylation is 3. The van der Waals surface area contributed by atoms with Crippen LogP contribution in [0, 0.1) is 19.8 Å². The molecule has 1 saturated heterocycles. The number of benzene rings is 1. The van der Waals surface area contributed by atoms with Gasteiger partial charge in [0, 0.05) is 25.8 Å². The Bertz CT molecular complexity index is 750. The summed E-state index contributed by atoms with van der Waals surface area (Å²) in [6.45, 7) is 7.95. The van der Waals surface area contributed by atoms with E-state index >= 15 is 0 Å². The molecule has 5 nitrogen and oxygen atoms in total. The Morgan fingerprint density at radius 2 is 1.96 bits per heavy atom. The molecule has 3 rings (SSSR count). The van der Waals surface area contributed by atoms with E-state index in [-0.39, 0.29) is 18.3 Å². The predicted octanol–water partition coefficient (Wildman–Crippen LogP) is 3.16. The van der Waals surface area contributed by atoms with Gasteiger partial charge in [-0.3, -0.25) is 9.48 Å². The van der Waals surface area contributed by atoms with Gasteiger partial charge in [-0.05, 0) is 69.3 Å². The molecule has 28 heavy (non-hydrogen) atoms. The van der Waals surface area contributed by atoms with Crippen molar-refractivity contribution in [3.05, 3.63) is 52.8 Å². The van der Waals surface area contributed by atoms with Crippen LogP contribution in [0.25, 0.3) is 0 Å². The summed E-state index contributed by atoms with van der Waals surface area (Å²) in [5.74, 6) is 0.932. The molecule has 2 aromatic rings. The minimum absolute atomic E-state index is 0. The minimum Gasteiger partial charge on any atom is -0.345 e. The summed E-state index contributed by atoms with van der Waals surface area (Å²) in [7, 11) is 1.89. The summed E-state index contributed by atoms with van der Waals surface area (Å²) in [5.41, 5.74) is 4.69. The van der Waals surface area contributed by atoms with Crippen LogP contribution in [0.3, 0.4) is 0 Å². The monoisotopic (exact) mass is 404 g/mol. The van der Waals surface area contributed by atoms with Crippen molar-refractivity contribution in [2.75, 3.05) is 26.7 Å². The quantitative estimate of drug-likeness (QED) is 0.735. The molecule has 0 aliphatic carbocycles. The number of hydrogen-bond acceptors (Lipinski definition) is 3. The average Bonchev–Trinajstić information content (AvgIpc) is 3.26. The number of halogens is 1. The normalized spacial score (nSPS) is 16.0. The van der Waals surface area contributed by atoms with E-state index in [0.29, 0.717) is 6.42 Å². The zero-order chi connectivity index (χ0) is 19.2. The SMILES string of the molecule is Cc1cc(C)n(CCCN(C)C(=O)Cc2ccc(CC3CCNC3)cc2)n1.Cl. The van der Waals surface area contributed by atoms with Gasteiger partial charge in [0.15, 0.2) is 0 Å². The Kier molecular flexibility index (Phi) is 8.52. The van der Waals surface area contributed by atoms with Gasteiger partial charge in [-0.2, -0.15) is 5.10 Å². The van der Waals surface area contributed by atoms with Crippen molar-refractivity contribution in [1.82, 2.24) is 20.0 Å². The topological polar surface area (TPSA) is 50.2 Å². The summed E-state index contributed by atoms with van der Waals surface area (Å²) in [5, 5.41) is 7.89. The van der Waals surface area contributed by atoms with Crippen LogP contribution in [0.15, 0.2) is 30.3 Å². The Labute approximate surface area is 174 Å². The van der Waals surface area contributed by atoms with Gasteiger partial charge in [-0.15, -0.1) is 12.4 Å². The highest BCUT2D eigenvalue weighted by molar-refractivity contribution is 5.85. The van der Waals surface area contributed by atoms with E-state index in [4.69, 9.17) is 0 Å². The lowest BCUT2D eigenvalue weighted by Gasteiger charge is -2.17. The van der Waals surface area contributed by atoms with Crippen LogP contribution in [0.2, 0.25) is 0 Å². The van der Waals surface area contributed by atoms with Crippen molar-refractivity contribution in [2.24, 2.45) is 5.92 Å². The Morgan fingerprint density at radius 3 is 2.57 bits per heavy atom. The van der Waals surface area contributed by atoms with Crippen LogP contribution in [0.4, 0.5) is 0 Å². The van der Waals surface area contributed by atoms with Gasteiger partial charge in [0.1, 0.15) is 0 Å². The molecular formula is C22H33ClN4O. The number of amides is 1. The molecule has 2 heterocycles. The molecule has 1 aromatic heterocycles. The maximum Gasteiger partial charge on any atom is 0.226 e. The number of rotatable bonds is 8. The first-order valence-corrected chi connectivity index (χ1v) is 10.0. The van der Waals surface area contributed by atoms with E-state index in [1.165, 1.54) is 17.7 Å². The number of nitrogens with one attached hydrogen (secondary N) is 1. The molecule has 1 amide bonds. The number of aromatic nitrogens is 2. The van der Waals surface area contributed by atoms with Gasteiger partial charge < -0.3 is 10.2 Å². The summed E-state index contributed by atoms with van der Waals surface area (Å²) in [4.78, 5) is 14.3. The molecule has 1 atom stereocenters. The lowest BCUT2D eigenvalue weighted by molar-refractivity contribution is -0.129. The van der Waals surface area contributed by atoms with E-state index in [1.54, 1.807) is 0 Å². The minimum atomic E-state index is 0. The van der Waals surface area contributed by atoms with Crippen molar-refractivity contribution in [1.29, 1.82) is 0 Å². The Morgan fingerprint density at radius 1 is 1.25 bits per heavy atom. The zero-order valence-corrected chi connectivity index (χ0v) is 18.1. The first-order valence-electron chi connectivity index (χ1n) is 10.0. The van der Waals surface area contributed by atoms with Crippen LogP contribution in [-0.4, -0.2) is 47.3 Å². The predicted molar refractivity (Wildman–Crippen MR) is 116 cm³/mol. The van der Waals surface area contributed by atoms with E-state index < -0.39 is 0 Å². The molecule has 0 spiro atoms. The molecular weight excluding hydrogens is 372 g/mol. The third-order valence-electron chi connectivity index (χ3n) is 5.46. The summed E-state index contributed by atoms with van der Waals surface area (Å²) >= 11 is 0. The van der Waals surface area contributed by atoms with Gasteiger partial charge in [0.05, 0.1) is 12.1 Å². The molecule has 1 N–H and O–H groups in total. The lowest BCUT2D eigenvalue weighted by Crippen LogP contribution is -2.29. The van der Waals surface area contributed by atoms with Gasteiger partial charge >= 0.3 is 0 Å². The summed E-state index contributed by atoms with van der Waals surface area (Å²) < 4.78 is 2.02. The second-order valence-electron chi connectivity index (χ2n) is 7.88. The third kappa shape index (κ3) is 6.35. The Balaban J connectivity index is 0.00000280. The second kappa shape index (κ2) is 10.6. The van der Waals surface area contributed by atoms with Gasteiger partial charge in [-0.25, -0.2) is 0 Å². The van der Waals surface area contributed by atoms with E-state index in [9.17, 15) is 4.79 Å². The second-order valence-corrected chi connectivity index (χ2v) is 7.88. The average molecular weight is 405 g/mol. The van der Waals surface area contributed by atoms with Crippen LogP contribution in [0.1, 0.15) is 35.4 Å². The fourth-order valence-corrected chi connectivity index (χ4v) is 3.81. The van der Waals surface area contributed by atoms with Crippen LogP contribution < -0.4 is 5.32 Å². The first-order chi connectivity index (χ1) is 13.0. The smallest absolute Gasteiger partial charge is 0.226 e. The molecule has 1 aromatic carbocycles. The largest absolute Gasteiger partial charge is 0.345 e. The van der Waals surface area contributed by atoms with Crippen molar-refractivity contribution in [3.63, 3.8) is 0 Å². The van der Waals surface area contributed by atoms with Gasteiger partial charge in [0.2, 0.25) is 5.91 Å². The molecule has 1 fully saturated rings. The van der Waals surface area contributed by atoms with Crippen LogP contribution in [-0.2, 0) is 24.2 Å². The van der Waals surface area contributed by atoms with Crippen molar-refractivity contribution >= 4 is 18.3 Å². The van der Waals surface area contributed by atoms with E-state index in [2.05, 4.69) is 47.7 Å². The highest BCUT2D eigenvalue weighted by Crippen LogP contribution is 2.16. The maximum atomic E-state index is 12.5. The van der Waals surface area contributed by atoms with Gasteiger partial charge in [0.25, 0.3) is 0 Å². The highest BCUT2D eigenvalue weighted by atomic mass is 35.5. The number of hydrogen-bond donors (Lipinski definition) is 1. The van der Waals surface area contributed by atoms with E-state index in [1.807, 2.05) is 23.6 Å². The van der Waals surface area contributed by atoms with Crippen molar-refractivity contribution in [2.45, 2.75) is 46.1 Å². The molecule has 0 radical (unpaired) electrons. The molecule has 6 heteroatoms. The summed E-state index contributed by atoms with van der Waals surface area (Å²) in [6.07, 6.45) is 3.79. The number of carbonyl (C=O) groups excluding carboxylic acids is 1. The molecule has 0 saturated carbocycles. The highest BCUT2D eigenvalue weighted by Gasteiger charge is 2.15. The number of carbonyl (C=O) groups is 1. The van der Waals surface area contributed by atoms with Crippen LogP contribution >= 0.6 is 12.4 Å². The fourth-order valence-electron chi connectivity index (χ4n) is 3.81. The lowest BCUT2D eigenvalue weighted by atomic mass is 9.97. The van der Waals surface area contributed by atoms with E-state index in [0.717, 1.165) is 56.2 Å². The van der Waals surface area contributed by atoms with Crippen molar-refractivity contribution in [3.8, 4) is 0 Å². The third-order valence-corrected chi connectivity index (χ3v) is 5.46. The number of nitrogens with zero attached hydrogens (tertiary/aromatic N) is 3. The molecule has 1 aliphatic rings. The van der Waals surface area contributed by atoms with Crippen molar-refractivity contribution < 1.29 is 4.79 Å². The first kappa shape index (κ1) is 22.4. The molecule has 1 aliphatic heterocycles. The molecule has 1 unspecified atom stereocenters. The van der Waals surface area contributed by atoms with Crippen LogP contribution in [0.5, 0.6) is 0 Å². The molecule has 0 bridgehead atoms. The van der Waals surface area contributed by atoms with Gasteiger partial charge in [-0.1, -0.05) is 24.3 Å². The fraction of sp³-hybridized carbons (Fsp3) is 0.545.